The molecule has 19 heavy (non-hydrogen) atoms. The zero-order valence-corrected chi connectivity index (χ0v) is 10.7. The number of amides is 2. The maximum Gasteiger partial charge on any atom is 0.415 e. The van der Waals surface area contributed by atoms with Gasteiger partial charge in [0.25, 0.3) is 5.91 Å². The van der Waals surface area contributed by atoms with E-state index in [1.807, 2.05) is 0 Å². The predicted molar refractivity (Wildman–Crippen MR) is 61.8 cm³/mol. The van der Waals surface area contributed by atoms with Crippen molar-refractivity contribution in [3.8, 4) is 0 Å². The summed E-state index contributed by atoms with van der Waals surface area (Å²) in [4.78, 5) is 23.6. The van der Waals surface area contributed by atoms with Crippen molar-refractivity contribution in [3.05, 3.63) is 0 Å². The van der Waals surface area contributed by atoms with Crippen molar-refractivity contribution in [2.75, 3.05) is 13.1 Å². The number of hydrogen-bond donors (Lipinski definition) is 2. The highest BCUT2D eigenvalue weighted by molar-refractivity contribution is 5.86. The largest absolute Gasteiger partial charge is 0.415 e. The molecule has 0 aliphatic carbocycles. The molecule has 1 fully saturated rings. The summed E-state index contributed by atoms with van der Waals surface area (Å²) in [5.74, 6) is -1.54. The van der Waals surface area contributed by atoms with Crippen LogP contribution in [-0.4, -0.2) is 41.5 Å². The fourth-order valence-corrected chi connectivity index (χ4v) is 2.07. The topological polar surface area (TPSA) is 89.4 Å². The third-order valence-electron chi connectivity index (χ3n) is 3.42. The van der Waals surface area contributed by atoms with Crippen LogP contribution in [0.2, 0.25) is 0 Å². The molecule has 1 atom stereocenters. The van der Waals surface area contributed by atoms with E-state index in [-0.39, 0.29) is 25.4 Å². The number of hydrogen-bond acceptors (Lipinski definition) is 3. The number of nitrogens with zero attached hydrogens (tertiary/aromatic N) is 1. The zero-order chi connectivity index (χ0) is 14.8. The SMILES string of the molecule is CC(N)(C(=O)N1CCC(CC(N)=O)CC1)C(F)(F)F. The molecule has 1 unspecified atom stereocenters. The zero-order valence-electron chi connectivity index (χ0n) is 10.7. The average Bonchev–Trinajstić information content (AvgIpc) is 2.26. The van der Waals surface area contributed by atoms with E-state index in [0.29, 0.717) is 19.8 Å². The summed E-state index contributed by atoms with van der Waals surface area (Å²) in [5.41, 5.74) is 7.28. The van der Waals surface area contributed by atoms with Gasteiger partial charge in [0, 0.05) is 19.5 Å². The molecule has 0 aromatic heterocycles. The van der Waals surface area contributed by atoms with Gasteiger partial charge in [-0.25, -0.2) is 0 Å². The lowest BCUT2D eigenvalue weighted by Crippen LogP contribution is -2.63. The van der Waals surface area contributed by atoms with E-state index >= 15 is 0 Å². The molecule has 0 aromatic carbocycles. The van der Waals surface area contributed by atoms with Gasteiger partial charge >= 0.3 is 6.18 Å². The van der Waals surface area contributed by atoms with Crippen molar-refractivity contribution in [3.63, 3.8) is 0 Å². The van der Waals surface area contributed by atoms with Crippen LogP contribution in [0.25, 0.3) is 0 Å². The maximum absolute atomic E-state index is 12.7. The molecule has 0 spiro atoms. The van der Waals surface area contributed by atoms with Crippen LogP contribution in [0, 0.1) is 5.92 Å². The van der Waals surface area contributed by atoms with Crippen LogP contribution in [0.1, 0.15) is 26.2 Å². The molecule has 1 saturated heterocycles. The number of halogens is 3. The molecule has 1 aliphatic rings. The average molecular weight is 281 g/mol. The van der Waals surface area contributed by atoms with Gasteiger partial charge < -0.3 is 16.4 Å². The van der Waals surface area contributed by atoms with Crippen LogP contribution in [0.15, 0.2) is 0 Å². The second kappa shape index (κ2) is 5.36. The Morgan fingerprint density at radius 2 is 1.74 bits per heavy atom. The standard InChI is InChI=1S/C11H18F3N3O2/c1-10(16,11(12,13)14)9(19)17-4-2-7(3-5-17)6-8(15)18/h7H,2-6,16H2,1H3,(H2,15,18). The number of rotatable bonds is 3. The van der Waals surface area contributed by atoms with Gasteiger partial charge in [-0.05, 0) is 25.7 Å². The molecule has 2 amide bonds. The molecule has 0 bridgehead atoms. The van der Waals surface area contributed by atoms with Crippen molar-refractivity contribution < 1.29 is 22.8 Å². The van der Waals surface area contributed by atoms with E-state index in [1.165, 1.54) is 0 Å². The molecular formula is C11H18F3N3O2. The summed E-state index contributed by atoms with van der Waals surface area (Å²) >= 11 is 0. The van der Waals surface area contributed by atoms with E-state index in [0.717, 1.165) is 4.90 Å². The highest BCUT2D eigenvalue weighted by Gasteiger charge is 2.55. The number of piperidine rings is 1. The Hall–Kier alpha value is -1.31. The fraction of sp³-hybridized carbons (Fsp3) is 0.818. The van der Waals surface area contributed by atoms with Gasteiger partial charge in [0.1, 0.15) is 0 Å². The van der Waals surface area contributed by atoms with Gasteiger partial charge in [-0.1, -0.05) is 0 Å². The Morgan fingerprint density at radius 1 is 1.26 bits per heavy atom. The van der Waals surface area contributed by atoms with Gasteiger partial charge in [-0.2, -0.15) is 13.2 Å². The van der Waals surface area contributed by atoms with E-state index in [4.69, 9.17) is 11.5 Å². The predicted octanol–water partition coefficient (Wildman–Crippen LogP) is 0.380. The maximum atomic E-state index is 12.7. The highest BCUT2D eigenvalue weighted by Crippen LogP contribution is 2.31. The van der Waals surface area contributed by atoms with E-state index in [1.54, 1.807) is 0 Å². The van der Waals surface area contributed by atoms with Gasteiger partial charge in [0.15, 0.2) is 5.54 Å². The van der Waals surface area contributed by atoms with E-state index in [2.05, 4.69) is 0 Å². The van der Waals surface area contributed by atoms with E-state index < -0.39 is 23.5 Å². The second-order valence-corrected chi connectivity index (χ2v) is 5.11. The fourth-order valence-electron chi connectivity index (χ4n) is 2.07. The summed E-state index contributed by atoms with van der Waals surface area (Å²) in [7, 11) is 0. The number of alkyl halides is 3. The number of carbonyl (C=O) groups excluding carboxylic acids is 2. The van der Waals surface area contributed by atoms with Gasteiger partial charge in [0.2, 0.25) is 5.91 Å². The van der Waals surface area contributed by atoms with Gasteiger partial charge in [0.05, 0.1) is 0 Å². The molecule has 1 aliphatic heterocycles. The summed E-state index contributed by atoms with van der Waals surface area (Å²) in [6.07, 6.45) is -3.67. The van der Waals surface area contributed by atoms with Crippen molar-refractivity contribution in [2.45, 2.75) is 37.9 Å². The van der Waals surface area contributed by atoms with Crippen LogP contribution < -0.4 is 11.5 Å². The van der Waals surface area contributed by atoms with Gasteiger partial charge in [-0.15, -0.1) is 0 Å². The summed E-state index contributed by atoms with van der Waals surface area (Å²) in [6, 6.07) is 0. The molecule has 110 valence electrons. The van der Waals surface area contributed by atoms with Crippen molar-refractivity contribution in [1.82, 2.24) is 4.90 Å². The van der Waals surface area contributed by atoms with Crippen molar-refractivity contribution in [1.29, 1.82) is 0 Å². The quantitative estimate of drug-likeness (QED) is 0.783. The molecule has 0 saturated carbocycles. The molecule has 1 heterocycles. The Morgan fingerprint density at radius 3 is 2.11 bits per heavy atom. The van der Waals surface area contributed by atoms with Crippen LogP contribution >= 0.6 is 0 Å². The molecule has 1 rings (SSSR count). The molecule has 0 radical (unpaired) electrons. The van der Waals surface area contributed by atoms with Crippen LogP contribution in [0.5, 0.6) is 0 Å². The lowest BCUT2D eigenvalue weighted by Gasteiger charge is -2.37. The highest BCUT2D eigenvalue weighted by atomic mass is 19.4. The first-order valence-corrected chi connectivity index (χ1v) is 5.99. The Bertz CT molecular complexity index is 361. The normalized spacial score (nSPS) is 21.0. The summed E-state index contributed by atoms with van der Waals surface area (Å²) < 4.78 is 38.0. The van der Waals surface area contributed by atoms with Crippen LogP contribution in [0.3, 0.4) is 0 Å². The smallest absolute Gasteiger partial charge is 0.370 e. The molecule has 8 heteroatoms. The third-order valence-corrected chi connectivity index (χ3v) is 3.42. The molecule has 0 aromatic rings. The Labute approximate surface area is 109 Å². The first kappa shape index (κ1) is 15.7. The van der Waals surface area contributed by atoms with Crippen molar-refractivity contribution >= 4 is 11.8 Å². The monoisotopic (exact) mass is 281 g/mol. The summed E-state index contributed by atoms with van der Waals surface area (Å²) in [6.45, 7) is 1.00. The molecular weight excluding hydrogens is 263 g/mol. The Kier molecular flexibility index (Phi) is 4.44. The minimum Gasteiger partial charge on any atom is -0.370 e. The van der Waals surface area contributed by atoms with Gasteiger partial charge in [-0.3, -0.25) is 9.59 Å². The number of likely N-dealkylation sites (tertiary alicyclic amines) is 1. The lowest BCUT2D eigenvalue weighted by molar-refractivity contribution is -0.194. The Balaban J connectivity index is 2.61. The minimum atomic E-state index is -4.78. The summed E-state index contributed by atoms with van der Waals surface area (Å²) in [5, 5.41) is 0. The van der Waals surface area contributed by atoms with Crippen molar-refractivity contribution in [2.24, 2.45) is 17.4 Å². The number of primary amides is 1. The third kappa shape index (κ3) is 3.59. The first-order chi connectivity index (χ1) is 8.55. The lowest BCUT2D eigenvalue weighted by atomic mass is 9.91. The van der Waals surface area contributed by atoms with E-state index in [9.17, 15) is 22.8 Å². The minimum absolute atomic E-state index is 0.0245. The number of carbonyl (C=O) groups is 2. The second-order valence-electron chi connectivity index (χ2n) is 5.11. The van der Waals surface area contributed by atoms with Crippen LogP contribution in [0.4, 0.5) is 13.2 Å². The molecule has 5 nitrogen and oxygen atoms in total. The number of nitrogens with two attached hydrogens (primary N) is 2. The van der Waals surface area contributed by atoms with Crippen LogP contribution in [-0.2, 0) is 9.59 Å². The molecule has 4 N–H and O–H groups in total. The first-order valence-electron chi connectivity index (χ1n) is 5.99.